The van der Waals surface area contributed by atoms with Crippen molar-refractivity contribution in [3.8, 4) is 0 Å². The Balaban J connectivity index is 1.82. The molecule has 0 radical (unpaired) electrons. The second-order valence-electron chi connectivity index (χ2n) is 5.76. The highest BCUT2D eigenvalue weighted by molar-refractivity contribution is 5.93. The molecule has 1 amide bonds. The van der Waals surface area contributed by atoms with Gasteiger partial charge in [-0.05, 0) is 36.6 Å². The fourth-order valence-corrected chi connectivity index (χ4v) is 2.61. The number of amides is 1. The van der Waals surface area contributed by atoms with E-state index in [0.29, 0.717) is 11.0 Å². The molecule has 1 N–H and O–H groups in total. The van der Waals surface area contributed by atoms with Crippen molar-refractivity contribution in [2.45, 2.75) is 26.3 Å². The van der Waals surface area contributed by atoms with Gasteiger partial charge < -0.3 is 9.73 Å². The summed E-state index contributed by atoms with van der Waals surface area (Å²) in [5, 5.41) is 3.34. The lowest BCUT2D eigenvalue weighted by Gasteiger charge is -2.14. The molecule has 0 bridgehead atoms. The summed E-state index contributed by atoms with van der Waals surface area (Å²) in [5.41, 5.74) is 2.44. The predicted octanol–water partition coefficient (Wildman–Crippen LogP) is 3.85. The van der Waals surface area contributed by atoms with Crippen LogP contribution in [-0.2, 0) is 6.42 Å². The van der Waals surface area contributed by atoms with Crippen LogP contribution in [0.1, 0.15) is 41.6 Å². The van der Waals surface area contributed by atoms with Gasteiger partial charge in [0.2, 0.25) is 0 Å². The van der Waals surface area contributed by atoms with E-state index in [4.69, 9.17) is 4.42 Å². The number of fused-ring (bicyclic) bond motifs is 1. The molecule has 3 aromatic rings. The molecule has 1 heterocycles. The second-order valence-corrected chi connectivity index (χ2v) is 5.76. The van der Waals surface area contributed by atoms with Gasteiger partial charge in [0.05, 0.1) is 11.4 Å². The highest BCUT2D eigenvalue weighted by Gasteiger charge is 2.15. The summed E-state index contributed by atoms with van der Waals surface area (Å²) in [6.45, 7) is 4.00. The quantitative estimate of drug-likeness (QED) is 0.794. The summed E-state index contributed by atoms with van der Waals surface area (Å²) >= 11 is 0. The Kier molecular flexibility index (Phi) is 4.47. The van der Waals surface area contributed by atoms with Crippen LogP contribution < -0.4 is 10.7 Å². The summed E-state index contributed by atoms with van der Waals surface area (Å²) < 4.78 is 5.57. The first-order valence-corrected chi connectivity index (χ1v) is 8.01. The van der Waals surface area contributed by atoms with Crippen molar-refractivity contribution in [2.24, 2.45) is 0 Å². The van der Waals surface area contributed by atoms with Gasteiger partial charge >= 0.3 is 0 Å². The van der Waals surface area contributed by atoms with Crippen molar-refractivity contribution in [3.63, 3.8) is 0 Å². The van der Waals surface area contributed by atoms with E-state index in [0.717, 1.165) is 12.0 Å². The van der Waals surface area contributed by atoms with Crippen LogP contribution in [0.2, 0.25) is 0 Å². The molecule has 0 aliphatic heterocycles. The molecule has 0 fully saturated rings. The van der Waals surface area contributed by atoms with Gasteiger partial charge in [-0.1, -0.05) is 43.3 Å². The van der Waals surface area contributed by atoms with E-state index in [-0.39, 0.29) is 17.2 Å². The predicted molar refractivity (Wildman–Crippen MR) is 94.2 cm³/mol. The number of carbonyl (C=O) groups excluding carboxylic acids is 1. The third-order valence-corrected chi connectivity index (χ3v) is 4.09. The summed E-state index contributed by atoms with van der Waals surface area (Å²) in [6, 6.07) is 16.1. The number of hydrogen-bond donors (Lipinski definition) is 1. The van der Waals surface area contributed by atoms with Crippen LogP contribution in [0.15, 0.2) is 63.8 Å². The molecule has 4 heteroatoms. The SMILES string of the molecule is CCc1ccc(C(C)NC(=O)c2cc(=O)c3ccccc3o2)cc1. The van der Waals surface area contributed by atoms with Gasteiger partial charge in [-0.25, -0.2) is 0 Å². The Morgan fingerprint density at radius 1 is 1.12 bits per heavy atom. The zero-order valence-electron chi connectivity index (χ0n) is 13.7. The highest BCUT2D eigenvalue weighted by Crippen LogP contribution is 2.16. The normalized spacial score (nSPS) is 12.1. The maximum Gasteiger partial charge on any atom is 0.287 e. The van der Waals surface area contributed by atoms with Crippen LogP contribution >= 0.6 is 0 Å². The van der Waals surface area contributed by atoms with E-state index < -0.39 is 5.91 Å². The molecular formula is C20H19NO3. The minimum absolute atomic E-state index is 0.0238. The second kappa shape index (κ2) is 6.71. The van der Waals surface area contributed by atoms with E-state index in [9.17, 15) is 9.59 Å². The van der Waals surface area contributed by atoms with Gasteiger partial charge in [0.25, 0.3) is 5.91 Å². The smallest absolute Gasteiger partial charge is 0.287 e. The van der Waals surface area contributed by atoms with E-state index in [1.165, 1.54) is 11.6 Å². The Labute approximate surface area is 140 Å². The number of carbonyl (C=O) groups is 1. The average molecular weight is 321 g/mol. The maximum atomic E-state index is 12.4. The number of nitrogens with one attached hydrogen (secondary N) is 1. The number of benzene rings is 2. The van der Waals surface area contributed by atoms with Crippen molar-refractivity contribution in [1.82, 2.24) is 5.32 Å². The standard InChI is InChI=1S/C20H19NO3/c1-3-14-8-10-15(11-9-14)13(2)21-20(23)19-12-17(22)16-6-4-5-7-18(16)24-19/h4-13H,3H2,1-2H3,(H,21,23). The van der Waals surface area contributed by atoms with Crippen LogP contribution in [-0.4, -0.2) is 5.91 Å². The average Bonchev–Trinajstić information content (AvgIpc) is 2.61. The summed E-state index contributed by atoms with van der Waals surface area (Å²) in [4.78, 5) is 24.5. The number of rotatable bonds is 4. The molecule has 3 rings (SSSR count). The lowest BCUT2D eigenvalue weighted by atomic mass is 10.0. The van der Waals surface area contributed by atoms with Crippen LogP contribution in [0.3, 0.4) is 0 Å². The minimum atomic E-state index is -0.398. The Morgan fingerprint density at radius 3 is 2.54 bits per heavy atom. The van der Waals surface area contributed by atoms with E-state index in [1.54, 1.807) is 24.3 Å². The van der Waals surface area contributed by atoms with Gasteiger partial charge in [-0.15, -0.1) is 0 Å². The first kappa shape index (κ1) is 16.0. The molecule has 122 valence electrons. The van der Waals surface area contributed by atoms with E-state index in [2.05, 4.69) is 12.2 Å². The molecule has 0 saturated carbocycles. The van der Waals surface area contributed by atoms with Crippen LogP contribution in [0, 0.1) is 0 Å². The lowest BCUT2D eigenvalue weighted by Crippen LogP contribution is -2.27. The fraction of sp³-hybridized carbons (Fsp3) is 0.200. The first-order chi connectivity index (χ1) is 11.6. The molecule has 1 atom stereocenters. The van der Waals surface area contributed by atoms with Gasteiger partial charge in [0, 0.05) is 6.07 Å². The highest BCUT2D eigenvalue weighted by atomic mass is 16.3. The molecule has 0 aliphatic carbocycles. The fourth-order valence-electron chi connectivity index (χ4n) is 2.61. The van der Waals surface area contributed by atoms with Crippen molar-refractivity contribution in [2.75, 3.05) is 0 Å². The van der Waals surface area contributed by atoms with Crippen molar-refractivity contribution in [1.29, 1.82) is 0 Å². The largest absolute Gasteiger partial charge is 0.451 e. The third-order valence-electron chi connectivity index (χ3n) is 4.09. The zero-order chi connectivity index (χ0) is 17.1. The van der Waals surface area contributed by atoms with Gasteiger partial charge in [0.15, 0.2) is 11.2 Å². The maximum absolute atomic E-state index is 12.4. The van der Waals surface area contributed by atoms with E-state index in [1.807, 2.05) is 31.2 Å². The third kappa shape index (κ3) is 3.23. The van der Waals surface area contributed by atoms with Crippen LogP contribution in [0.4, 0.5) is 0 Å². The number of para-hydroxylation sites is 1. The number of hydrogen-bond acceptors (Lipinski definition) is 3. The molecule has 0 saturated heterocycles. The van der Waals surface area contributed by atoms with Crippen molar-refractivity contribution in [3.05, 3.63) is 81.7 Å². The molecule has 2 aromatic carbocycles. The summed E-state index contributed by atoms with van der Waals surface area (Å²) in [6.07, 6.45) is 0.975. The minimum Gasteiger partial charge on any atom is -0.451 e. The van der Waals surface area contributed by atoms with Gasteiger partial charge in [-0.2, -0.15) is 0 Å². The van der Waals surface area contributed by atoms with Crippen molar-refractivity contribution >= 4 is 16.9 Å². The molecule has 0 aliphatic rings. The number of aryl methyl sites for hydroxylation is 1. The summed E-state index contributed by atoms with van der Waals surface area (Å²) in [7, 11) is 0. The molecule has 0 spiro atoms. The van der Waals surface area contributed by atoms with Gasteiger partial charge in [-0.3, -0.25) is 9.59 Å². The van der Waals surface area contributed by atoms with Crippen LogP contribution in [0.5, 0.6) is 0 Å². The Hall–Kier alpha value is -2.88. The first-order valence-electron chi connectivity index (χ1n) is 8.01. The van der Waals surface area contributed by atoms with Crippen molar-refractivity contribution < 1.29 is 9.21 Å². The topological polar surface area (TPSA) is 59.3 Å². The van der Waals surface area contributed by atoms with Crippen LogP contribution in [0.25, 0.3) is 11.0 Å². The molecule has 4 nitrogen and oxygen atoms in total. The Morgan fingerprint density at radius 2 is 1.83 bits per heavy atom. The monoisotopic (exact) mass is 321 g/mol. The molecular weight excluding hydrogens is 302 g/mol. The zero-order valence-corrected chi connectivity index (χ0v) is 13.7. The lowest BCUT2D eigenvalue weighted by molar-refractivity contribution is 0.0912. The Bertz CT molecular complexity index is 926. The molecule has 1 unspecified atom stereocenters. The van der Waals surface area contributed by atoms with Gasteiger partial charge in [0.1, 0.15) is 5.58 Å². The molecule has 1 aromatic heterocycles. The summed E-state index contributed by atoms with van der Waals surface area (Å²) in [5.74, 6) is -0.374. The molecule has 24 heavy (non-hydrogen) atoms. The van der Waals surface area contributed by atoms with E-state index >= 15 is 0 Å².